The van der Waals surface area contributed by atoms with Gasteiger partial charge in [0.2, 0.25) is 0 Å². The van der Waals surface area contributed by atoms with Crippen molar-refractivity contribution in [3.8, 4) is 11.5 Å². The minimum Gasteiger partial charge on any atom is -0.490 e. The van der Waals surface area contributed by atoms with Gasteiger partial charge < -0.3 is 9.47 Å². The Morgan fingerprint density at radius 3 is 2.21 bits per heavy atom. The molecule has 0 amide bonds. The lowest BCUT2D eigenvalue weighted by molar-refractivity contribution is 0.300. The van der Waals surface area contributed by atoms with Crippen LogP contribution in [-0.2, 0) is 27.6 Å². The lowest BCUT2D eigenvalue weighted by Gasteiger charge is -2.27. The molecule has 1 heterocycles. The molecule has 0 bridgehead atoms. The van der Waals surface area contributed by atoms with Crippen molar-refractivity contribution in [2.75, 3.05) is 12.9 Å². The van der Waals surface area contributed by atoms with E-state index in [0.29, 0.717) is 33.8 Å². The van der Waals surface area contributed by atoms with Gasteiger partial charge in [-0.3, -0.25) is 0 Å². The minimum atomic E-state index is -3.20. The van der Waals surface area contributed by atoms with Gasteiger partial charge >= 0.3 is 0 Å². The van der Waals surface area contributed by atoms with Crippen LogP contribution in [0.15, 0.2) is 48.7 Å². The van der Waals surface area contributed by atoms with Gasteiger partial charge in [-0.2, -0.15) is 0 Å². The summed E-state index contributed by atoms with van der Waals surface area (Å²) >= 11 is 12.9. The Morgan fingerprint density at radius 1 is 0.971 bits per heavy atom. The van der Waals surface area contributed by atoms with E-state index in [1.54, 1.807) is 6.07 Å². The molecule has 9 heteroatoms. The highest BCUT2D eigenvalue weighted by Gasteiger charge is 2.25. The number of ether oxygens (including phenoxy) is 2. The number of hydrogen-bond acceptors (Lipinski definition) is 6. The third-order valence-electron chi connectivity index (χ3n) is 5.29. The van der Waals surface area contributed by atoms with Crippen LogP contribution in [0.2, 0.25) is 10.0 Å². The van der Waals surface area contributed by atoms with Crippen LogP contribution in [0.4, 0.5) is 0 Å². The van der Waals surface area contributed by atoms with E-state index in [0.717, 1.165) is 23.8 Å². The van der Waals surface area contributed by atoms with Gasteiger partial charge in [0.25, 0.3) is 0 Å². The monoisotopic (exact) mass is 522 g/mol. The van der Waals surface area contributed by atoms with Gasteiger partial charge in [0.15, 0.2) is 15.6 Å². The fraction of sp³-hybridized carbons (Fsp3) is 0.360. The Labute approximate surface area is 211 Å². The van der Waals surface area contributed by atoms with Gasteiger partial charge in [-0.05, 0) is 47.9 Å². The fourth-order valence-corrected chi connectivity index (χ4v) is 4.58. The van der Waals surface area contributed by atoms with Crippen LogP contribution < -0.4 is 9.47 Å². The molecule has 0 saturated carbocycles. The van der Waals surface area contributed by atoms with Crippen molar-refractivity contribution < 1.29 is 17.9 Å². The summed E-state index contributed by atoms with van der Waals surface area (Å²) < 4.78 is 34.5. The van der Waals surface area contributed by atoms with E-state index in [1.165, 1.54) is 6.20 Å². The Balaban J connectivity index is 1.72. The molecule has 0 atom stereocenters. The molecule has 0 aliphatic heterocycles. The average Bonchev–Trinajstić information content (AvgIpc) is 2.76. The summed E-state index contributed by atoms with van der Waals surface area (Å²) in [5.74, 6) is 1.23. The third-order valence-corrected chi connectivity index (χ3v) is 6.63. The molecule has 0 aliphatic carbocycles. The number of aromatic nitrogens is 2. The number of nitrogens with zero attached hydrogens (tertiary/aromatic N) is 2. The number of hydrogen-bond donors (Lipinski definition) is 0. The number of sulfone groups is 1. The van der Waals surface area contributed by atoms with Crippen molar-refractivity contribution in [1.29, 1.82) is 0 Å². The standard InChI is InChI=1S/C25H28Cl2N2O4S/c1-5-12-32-24-21(26)13-18(14-22(24)27)25(2,3)17-6-8-20(9-7-17)33-15-19-10-11-28-23(29-19)16-34(4,30)31/h6-11,13-14H,5,12,15-16H2,1-4H3. The van der Waals surface area contributed by atoms with E-state index in [9.17, 15) is 8.42 Å². The molecule has 6 nitrogen and oxygen atoms in total. The third kappa shape index (κ3) is 6.84. The van der Waals surface area contributed by atoms with Crippen molar-refractivity contribution in [3.05, 3.63) is 81.4 Å². The normalized spacial score (nSPS) is 11.9. The molecule has 2 aromatic carbocycles. The second-order valence-electron chi connectivity index (χ2n) is 8.59. The average molecular weight is 523 g/mol. The Hall–Kier alpha value is -2.35. The Kier molecular flexibility index (Phi) is 8.44. The predicted molar refractivity (Wildman–Crippen MR) is 136 cm³/mol. The first kappa shape index (κ1) is 26.3. The Morgan fingerprint density at radius 2 is 1.62 bits per heavy atom. The molecule has 182 valence electrons. The molecule has 0 aliphatic rings. The molecule has 3 rings (SSSR count). The first-order valence-corrected chi connectivity index (χ1v) is 13.7. The van der Waals surface area contributed by atoms with Crippen molar-refractivity contribution >= 4 is 33.0 Å². The Bertz CT molecular complexity index is 1220. The van der Waals surface area contributed by atoms with Gasteiger partial charge in [-0.15, -0.1) is 0 Å². The van der Waals surface area contributed by atoms with Crippen LogP contribution in [0.5, 0.6) is 11.5 Å². The molecule has 0 saturated heterocycles. The van der Waals surface area contributed by atoms with Crippen LogP contribution >= 0.6 is 23.2 Å². The van der Waals surface area contributed by atoms with Crippen LogP contribution in [-0.4, -0.2) is 31.2 Å². The fourth-order valence-electron chi connectivity index (χ4n) is 3.38. The zero-order valence-corrected chi connectivity index (χ0v) is 22.0. The van der Waals surface area contributed by atoms with Crippen LogP contribution in [0.3, 0.4) is 0 Å². The van der Waals surface area contributed by atoms with Gasteiger partial charge in [0.1, 0.15) is 23.9 Å². The molecule has 3 aromatic rings. The number of rotatable bonds is 10. The summed E-state index contributed by atoms with van der Waals surface area (Å²) in [6, 6.07) is 13.2. The molecule has 0 fully saturated rings. The maximum Gasteiger partial charge on any atom is 0.156 e. The summed E-state index contributed by atoms with van der Waals surface area (Å²) in [4.78, 5) is 8.27. The highest BCUT2D eigenvalue weighted by atomic mass is 35.5. The summed E-state index contributed by atoms with van der Waals surface area (Å²) in [6.07, 6.45) is 3.55. The zero-order chi connectivity index (χ0) is 24.9. The minimum absolute atomic E-state index is 0.201. The quantitative estimate of drug-likeness (QED) is 0.323. The molecule has 0 radical (unpaired) electrons. The number of benzene rings is 2. The van der Waals surface area contributed by atoms with E-state index in [-0.39, 0.29) is 23.6 Å². The topological polar surface area (TPSA) is 78.4 Å². The van der Waals surface area contributed by atoms with Crippen molar-refractivity contribution in [1.82, 2.24) is 9.97 Å². The van der Waals surface area contributed by atoms with E-state index in [1.807, 2.05) is 43.3 Å². The maximum atomic E-state index is 11.5. The van der Waals surface area contributed by atoms with Crippen molar-refractivity contribution in [3.63, 3.8) is 0 Å². The molecule has 0 spiro atoms. The van der Waals surface area contributed by atoms with Crippen LogP contribution in [0.1, 0.15) is 49.8 Å². The van der Waals surface area contributed by atoms with Crippen molar-refractivity contribution in [2.45, 2.75) is 45.0 Å². The SMILES string of the molecule is CCCOc1c(Cl)cc(C(C)(C)c2ccc(OCc3ccnc(CS(C)(=O)=O)n3)cc2)cc1Cl. The molecule has 34 heavy (non-hydrogen) atoms. The highest BCUT2D eigenvalue weighted by Crippen LogP contribution is 2.40. The largest absolute Gasteiger partial charge is 0.490 e. The summed E-state index contributed by atoms with van der Waals surface area (Å²) in [5, 5.41) is 0.980. The lowest BCUT2D eigenvalue weighted by atomic mass is 9.78. The second kappa shape index (κ2) is 10.9. The van der Waals surface area contributed by atoms with Crippen LogP contribution in [0, 0.1) is 0 Å². The molecular weight excluding hydrogens is 495 g/mol. The smallest absolute Gasteiger partial charge is 0.156 e. The van der Waals surface area contributed by atoms with Crippen molar-refractivity contribution in [2.24, 2.45) is 0 Å². The molecule has 1 aromatic heterocycles. The van der Waals surface area contributed by atoms with Gasteiger partial charge in [0, 0.05) is 17.9 Å². The zero-order valence-electron chi connectivity index (χ0n) is 19.6. The van der Waals surface area contributed by atoms with E-state index in [2.05, 4.69) is 23.8 Å². The van der Waals surface area contributed by atoms with E-state index >= 15 is 0 Å². The number of halogens is 2. The second-order valence-corrected chi connectivity index (χ2v) is 11.5. The summed E-state index contributed by atoms with van der Waals surface area (Å²) in [6.45, 7) is 6.98. The predicted octanol–water partition coefficient (Wildman–Crippen LogP) is 6.02. The first-order valence-electron chi connectivity index (χ1n) is 10.8. The van der Waals surface area contributed by atoms with Gasteiger partial charge in [-0.25, -0.2) is 18.4 Å². The summed E-state index contributed by atoms with van der Waals surface area (Å²) in [5.41, 5.74) is 2.28. The van der Waals surface area contributed by atoms with Gasteiger partial charge in [-0.1, -0.05) is 56.1 Å². The maximum absolute atomic E-state index is 11.5. The summed E-state index contributed by atoms with van der Waals surface area (Å²) in [7, 11) is -3.20. The van der Waals surface area contributed by atoms with E-state index < -0.39 is 9.84 Å². The molecular formula is C25H28Cl2N2O4S. The first-order chi connectivity index (χ1) is 16.0. The van der Waals surface area contributed by atoms with Gasteiger partial charge in [0.05, 0.1) is 22.3 Å². The lowest BCUT2D eigenvalue weighted by Crippen LogP contribution is -2.19. The highest BCUT2D eigenvalue weighted by molar-refractivity contribution is 7.89. The van der Waals surface area contributed by atoms with E-state index in [4.69, 9.17) is 32.7 Å². The van der Waals surface area contributed by atoms with Crippen LogP contribution in [0.25, 0.3) is 0 Å². The molecule has 0 unspecified atom stereocenters. The molecule has 0 N–H and O–H groups in total.